The van der Waals surface area contributed by atoms with Crippen molar-refractivity contribution in [2.45, 2.75) is 13.8 Å². The topological polar surface area (TPSA) is 117 Å². The number of esters is 1. The van der Waals surface area contributed by atoms with E-state index in [0.29, 0.717) is 22.6 Å². The summed E-state index contributed by atoms with van der Waals surface area (Å²) in [6, 6.07) is 7.99. The van der Waals surface area contributed by atoms with Gasteiger partial charge in [0.25, 0.3) is 11.6 Å². The lowest BCUT2D eigenvalue weighted by atomic mass is 10.1. The first kappa shape index (κ1) is 22.4. The standard InChI is InChI=1S/C21H22N2O7/c1-13-5-8-17(23(26)27)21(14(13)2)22-19(24)12-30-20(25)10-6-15-11-16(28-3)7-9-18(15)29-4/h5-11H,12H2,1-4H3,(H,22,24)/b10-6+. The monoisotopic (exact) mass is 414 g/mol. The number of nitrogens with zero attached hydrogens (tertiary/aromatic N) is 1. The van der Waals surface area contributed by atoms with Crippen molar-refractivity contribution in [2.75, 3.05) is 26.1 Å². The Bertz CT molecular complexity index is 999. The van der Waals surface area contributed by atoms with E-state index in [1.807, 2.05) is 0 Å². The number of amides is 1. The van der Waals surface area contributed by atoms with Gasteiger partial charge in [-0.2, -0.15) is 0 Å². The molecule has 0 atom stereocenters. The van der Waals surface area contributed by atoms with Gasteiger partial charge >= 0.3 is 5.97 Å². The third kappa shape index (κ3) is 5.57. The average Bonchev–Trinajstić information content (AvgIpc) is 2.73. The van der Waals surface area contributed by atoms with E-state index >= 15 is 0 Å². The number of nitro benzene ring substituents is 1. The Labute approximate surface area is 173 Å². The molecule has 2 rings (SSSR count). The molecule has 0 aromatic heterocycles. The van der Waals surface area contributed by atoms with Gasteiger partial charge < -0.3 is 19.5 Å². The molecule has 0 bridgehead atoms. The predicted octanol–water partition coefficient (Wildman–Crippen LogP) is 3.42. The highest BCUT2D eigenvalue weighted by Gasteiger charge is 2.19. The number of methoxy groups -OCH3 is 2. The van der Waals surface area contributed by atoms with Crippen LogP contribution in [0.1, 0.15) is 16.7 Å². The van der Waals surface area contributed by atoms with E-state index in [9.17, 15) is 19.7 Å². The predicted molar refractivity (Wildman–Crippen MR) is 111 cm³/mol. The van der Waals surface area contributed by atoms with Crippen LogP contribution in [0.15, 0.2) is 36.4 Å². The van der Waals surface area contributed by atoms with Crippen molar-refractivity contribution < 1.29 is 28.7 Å². The van der Waals surface area contributed by atoms with Crippen LogP contribution >= 0.6 is 0 Å². The highest BCUT2D eigenvalue weighted by molar-refractivity contribution is 5.97. The molecule has 9 heteroatoms. The van der Waals surface area contributed by atoms with Crippen LogP contribution in [-0.2, 0) is 14.3 Å². The lowest BCUT2D eigenvalue weighted by Gasteiger charge is -2.11. The highest BCUT2D eigenvalue weighted by atomic mass is 16.6. The number of carbonyl (C=O) groups excluding carboxylic acids is 2. The van der Waals surface area contributed by atoms with Crippen molar-refractivity contribution in [1.29, 1.82) is 0 Å². The Morgan fingerprint density at radius 2 is 1.87 bits per heavy atom. The Balaban J connectivity index is 2.03. The van der Waals surface area contributed by atoms with Crippen LogP contribution in [0.2, 0.25) is 0 Å². The van der Waals surface area contributed by atoms with Gasteiger partial charge in [0.1, 0.15) is 17.2 Å². The zero-order valence-corrected chi connectivity index (χ0v) is 17.1. The summed E-state index contributed by atoms with van der Waals surface area (Å²) in [6.45, 7) is 2.84. The van der Waals surface area contributed by atoms with Crippen molar-refractivity contribution in [3.05, 3.63) is 63.2 Å². The summed E-state index contributed by atoms with van der Waals surface area (Å²) in [5, 5.41) is 13.6. The van der Waals surface area contributed by atoms with Gasteiger partial charge in [-0.3, -0.25) is 14.9 Å². The molecule has 2 aromatic carbocycles. The first-order valence-corrected chi connectivity index (χ1v) is 8.88. The molecule has 0 aliphatic rings. The summed E-state index contributed by atoms with van der Waals surface area (Å²) in [6.07, 6.45) is 2.61. The largest absolute Gasteiger partial charge is 0.497 e. The first-order chi connectivity index (χ1) is 14.3. The van der Waals surface area contributed by atoms with E-state index in [2.05, 4.69) is 5.32 Å². The fraction of sp³-hybridized carbons (Fsp3) is 0.238. The summed E-state index contributed by atoms with van der Waals surface area (Å²) in [4.78, 5) is 34.7. The molecule has 0 aliphatic heterocycles. The Morgan fingerprint density at radius 1 is 1.13 bits per heavy atom. The Hall–Kier alpha value is -3.88. The zero-order valence-electron chi connectivity index (χ0n) is 17.1. The van der Waals surface area contributed by atoms with Gasteiger partial charge in [-0.05, 0) is 49.2 Å². The molecule has 0 heterocycles. The third-order valence-corrected chi connectivity index (χ3v) is 4.36. The third-order valence-electron chi connectivity index (χ3n) is 4.36. The van der Waals surface area contributed by atoms with Crippen molar-refractivity contribution in [1.82, 2.24) is 0 Å². The van der Waals surface area contributed by atoms with Crippen LogP contribution in [-0.4, -0.2) is 37.6 Å². The summed E-state index contributed by atoms with van der Waals surface area (Å²) < 4.78 is 15.3. The first-order valence-electron chi connectivity index (χ1n) is 8.88. The van der Waals surface area contributed by atoms with Crippen LogP contribution in [0.3, 0.4) is 0 Å². The van der Waals surface area contributed by atoms with Crippen LogP contribution in [0, 0.1) is 24.0 Å². The van der Waals surface area contributed by atoms with Crippen LogP contribution < -0.4 is 14.8 Å². The fourth-order valence-corrected chi connectivity index (χ4v) is 2.60. The van der Waals surface area contributed by atoms with Crippen molar-refractivity contribution in [2.24, 2.45) is 0 Å². The minimum Gasteiger partial charge on any atom is -0.497 e. The van der Waals surface area contributed by atoms with Gasteiger partial charge in [0.05, 0.1) is 19.1 Å². The number of carbonyl (C=O) groups is 2. The van der Waals surface area contributed by atoms with E-state index in [-0.39, 0.29) is 11.4 Å². The smallest absolute Gasteiger partial charge is 0.331 e. The van der Waals surface area contributed by atoms with Crippen molar-refractivity contribution >= 4 is 29.3 Å². The molecule has 0 saturated heterocycles. The molecule has 0 spiro atoms. The maximum absolute atomic E-state index is 12.1. The lowest BCUT2D eigenvalue weighted by molar-refractivity contribution is -0.384. The second kappa shape index (κ2) is 10.1. The van der Waals surface area contributed by atoms with Gasteiger partial charge in [0.2, 0.25) is 0 Å². The zero-order chi connectivity index (χ0) is 22.3. The number of benzene rings is 2. The Morgan fingerprint density at radius 3 is 2.50 bits per heavy atom. The second-order valence-corrected chi connectivity index (χ2v) is 6.26. The van der Waals surface area contributed by atoms with Crippen LogP contribution in [0.4, 0.5) is 11.4 Å². The molecule has 1 amide bonds. The molecule has 9 nitrogen and oxygen atoms in total. The Kier molecular flexibility index (Phi) is 7.51. The maximum Gasteiger partial charge on any atom is 0.331 e. The van der Waals surface area contributed by atoms with Gasteiger partial charge in [-0.15, -0.1) is 0 Å². The maximum atomic E-state index is 12.1. The fourth-order valence-electron chi connectivity index (χ4n) is 2.60. The lowest BCUT2D eigenvalue weighted by Crippen LogP contribution is -2.21. The summed E-state index contributed by atoms with van der Waals surface area (Å²) in [5.74, 6) is -0.337. The quantitative estimate of drug-likeness (QED) is 0.304. The van der Waals surface area contributed by atoms with E-state index < -0.39 is 23.4 Å². The number of ether oxygens (including phenoxy) is 3. The number of hydrogen-bond acceptors (Lipinski definition) is 7. The molecule has 1 N–H and O–H groups in total. The number of rotatable bonds is 8. The second-order valence-electron chi connectivity index (χ2n) is 6.26. The van der Waals surface area contributed by atoms with Crippen LogP contribution in [0.5, 0.6) is 11.5 Å². The number of nitro groups is 1. The molecule has 0 fully saturated rings. The summed E-state index contributed by atoms with van der Waals surface area (Å²) in [7, 11) is 3.01. The number of hydrogen-bond donors (Lipinski definition) is 1. The molecular formula is C21H22N2O7. The highest BCUT2D eigenvalue weighted by Crippen LogP contribution is 2.30. The van der Waals surface area contributed by atoms with Gasteiger partial charge in [-0.1, -0.05) is 6.07 Å². The molecule has 0 aliphatic carbocycles. The molecule has 30 heavy (non-hydrogen) atoms. The van der Waals surface area contributed by atoms with Crippen molar-refractivity contribution in [3.63, 3.8) is 0 Å². The summed E-state index contributed by atoms with van der Waals surface area (Å²) >= 11 is 0. The van der Waals surface area contributed by atoms with Crippen molar-refractivity contribution in [3.8, 4) is 11.5 Å². The molecule has 2 aromatic rings. The molecule has 158 valence electrons. The number of anilines is 1. The van der Waals surface area contributed by atoms with E-state index in [1.54, 1.807) is 38.1 Å². The minimum absolute atomic E-state index is 0.0812. The summed E-state index contributed by atoms with van der Waals surface area (Å²) in [5.41, 5.74) is 1.78. The average molecular weight is 414 g/mol. The van der Waals surface area contributed by atoms with Gasteiger partial charge in [0, 0.05) is 17.7 Å². The van der Waals surface area contributed by atoms with E-state index in [0.717, 1.165) is 11.6 Å². The number of aryl methyl sites for hydroxylation is 1. The van der Waals surface area contributed by atoms with E-state index in [4.69, 9.17) is 14.2 Å². The normalized spacial score (nSPS) is 10.5. The molecule has 0 unspecified atom stereocenters. The van der Waals surface area contributed by atoms with Gasteiger partial charge in [0.15, 0.2) is 6.61 Å². The minimum atomic E-state index is -0.759. The van der Waals surface area contributed by atoms with Gasteiger partial charge in [-0.25, -0.2) is 4.79 Å². The SMILES string of the molecule is COc1ccc(OC)c(/C=C/C(=O)OCC(=O)Nc2c([N+](=O)[O-])ccc(C)c2C)c1. The molecule has 0 saturated carbocycles. The van der Waals surface area contributed by atoms with E-state index in [1.165, 1.54) is 26.4 Å². The number of nitrogens with one attached hydrogen (secondary N) is 1. The molecule has 0 radical (unpaired) electrons. The molecular weight excluding hydrogens is 392 g/mol. The van der Waals surface area contributed by atoms with Crippen LogP contribution in [0.25, 0.3) is 6.08 Å².